The smallest absolute Gasteiger partial charge is 0.147 e. The fourth-order valence-electron chi connectivity index (χ4n) is 0.861. The van der Waals surface area contributed by atoms with Gasteiger partial charge in [-0.25, -0.2) is 0 Å². The highest BCUT2D eigenvalue weighted by molar-refractivity contribution is 5.94. The SMILES string of the molecule is CC(=O)c1cccc([CH-]N)c1. The molecule has 58 valence electrons. The Morgan fingerprint density at radius 2 is 2.27 bits per heavy atom. The largest absolute Gasteiger partial charge is 0.360 e. The van der Waals surface area contributed by atoms with Crippen molar-refractivity contribution in [3.63, 3.8) is 0 Å². The molecule has 2 heteroatoms. The number of hydrogen-bond acceptors (Lipinski definition) is 2. The van der Waals surface area contributed by atoms with Crippen LogP contribution in [-0.2, 0) is 0 Å². The minimum absolute atomic E-state index is 0.0636. The summed E-state index contributed by atoms with van der Waals surface area (Å²) in [5.74, 6) is 0.0636. The van der Waals surface area contributed by atoms with Crippen LogP contribution < -0.4 is 5.73 Å². The third kappa shape index (κ3) is 1.82. The van der Waals surface area contributed by atoms with Crippen molar-refractivity contribution in [2.75, 3.05) is 0 Å². The number of carbonyl (C=O) groups excluding carboxylic acids is 1. The highest BCUT2D eigenvalue weighted by atomic mass is 16.1. The molecule has 0 saturated heterocycles. The molecule has 0 spiro atoms. The predicted molar refractivity (Wildman–Crippen MR) is 44.0 cm³/mol. The molecule has 0 bridgehead atoms. The van der Waals surface area contributed by atoms with E-state index in [1.54, 1.807) is 12.1 Å². The van der Waals surface area contributed by atoms with Gasteiger partial charge in [0, 0.05) is 0 Å². The Morgan fingerprint density at radius 1 is 1.55 bits per heavy atom. The average Bonchev–Trinajstić information content (AvgIpc) is 2.05. The van der Waals surface area contributed by atoms with Crippen molar-refractivity contribution < 1.29 is 4.79 Å². The number of benzene rings is 1. The molecule has 0 amide bonds. The number of ketones is 1. The van der Waals surface area contributed by atoms with Crippen LogP contribution in [0.1, 0.15) is 22.8 Å². The first-order chi connectivity index (χ1) is 5.24. The van der Waals surface area contributed by atoms with Gasteiger partial charge in [0.05, 0.1) is 0 Å². The third-order valence-corrected chi connectivity index (χ3v) is 1.49. The van der Waals surface area contributed by atoms with E-state index in [0.29, 0.717) is 5.56 Å². The summed E-state index contributed by atoms with van der Waals surface area (Å²) < 4.78 is 0. The molecule has 11 heavy (non-hydrogen) atoms. The van der Waals surface area contributed by atoms with Gasteiger partial charge in [0.15, 0.2) is 0 Å². The molecule has 0 aromatic heterocycles. The molecule has 1 aromatic rings. The fraction of sp³-hybridized carbons (Fsp3) is 0.111. The zero-order valence-corrected chi connectivity index (χ0v) is 6.37. The summed E-state index contributed by atoms with van der Waals surface area (Å²) >= 11 is 0. The molecule has 1 rings (SSSR count). The van der Waals surface area contributed by atoms with Crippen molar-refractivity contribution in [3.8, 4) is 0 Å². The topological polar surface area (TPSA) is 43.1 Å². The highest BCUT2D eigenvalue weighted by Crippen LogP contribution is 2.05. The summed E-state index contributed by atoms with van der Waals surface area (Å²) in [6.45, 7) is 3.02. The summed E-state index contributed by atoms with van der Waals surface area (Å²) in [7, 11) is 0. The zero-order chi connectivity index (χ0) is 8.27. The van der Waals surface area contributed by atoms with E-state index in [9.17, 15) is 4.79 Å². The Labute approximate surface area is 66.0 Å². The summed E-state index contributed by atoms with van der Waals surface area (Å²) in [5, 5.41) is 0. The molecule has 0 fully saturated rings. The first-order valence-corrected chi connectivity index (χ1v) is 3.40. The number of nitrogens with two attached hydrogens (primary N) is 1. The van der Waals surface area contributed by atoms with E-state index >= 15 is 0 Å². The van der Waals surface area contributed by atoms with E-state index < -0.39 is 0 Å². The van der Waals surface area contributed by atoms with Crippen LogP contribution in [0, 0.1) is 6.54 Å². The summed E-state index contributed by atoms with van der Waals surface area (Å²) in [4.78, 5) is 10.9. The minimum Gasteiger partial charge on any atom is -0.360 e. The molecule has 0 aliphatic rings. The normalized spacial score (nSPS) is 9.27. The number of carbonyl (C=O) groups is 1. The minimum atomic E-state index is 0.0636. The van der Waals surface area contributed by atoms with Gasteiger partial charge in [0.1, 0.15) is 5.78 Å². The quantitative estimate of drug-likeness (QED) is 0.508. The van der Waals surface area contributed by atoms with E-state index in [1.807, 2.05) is 12.1 Å². The summed E-state index contributed by atoms with van der Waals surface area (Å²) in [6, 6.07) is 7.21. The Morgan fingerprint density at radius 3 is 2.82 bits per heavy atom. The Bertz CT molecular complexity index is 268. The maximum Gasteiger partial charge on any atom is 0.147 e. The van der Waals surface area contributed by atoms with Gasteiger partial charge in [0.25, 0.3) is 0 Å². The molecule has 1 aromatic carbocycles. The molecule has 0 unspecified atom stereocenters. The van der Waals surface area contributed by atoms with Gasteiger partial charge in [-0.3, -0.25) is 4.79 Å². The molecule has 0 aliphatic heterocycles. The number of Topliss-reactive ketones (excluding diaryl/α,β-unsaturated/α-hetero) is 1. The first-order valence-electron chi connectivity index (χ1n) is 3.40. The highest BCUT2D eigenvalue weighted by Gasteiger charge is 1.92. The lowest BCUT2D eigenvalue weighted by Crippen LogP contribution is -1.96. The molecular formula is C9H10NO-. The first kappa shape index (κ1) is 7.82. The maximum atomic E-state index is 10.9. The van der Waals surface area contributed by atoms with Crippen LogP contribution in [0.2, 0.25) is 0 Å². The van der Waals surface area contributed by atoms with Crippen LogP contribution in [0.5, 0.6) is 0 Å². The lowest BCUT2D eigenvalue weighted by Gasteiger charge is -2.06. The van der Waals surface area contributed by atoms with Gasteiger partial charge in [-0.15, -0.1) is 12.6 Å². The Hall–Kier alpha value is -1.28. The molecule has 0 saturated carbocycles. The number of hydrogen-bond donors (Lipinski definition) is 1. The average molecular weight is 148 g/mol. The molecule has 2 nitrogen and oxygen atoms in total. The van der Waals surface area contributed by atoms with Gasteiger partial charge < -0.3 is 5.73 Å². The molecule has 0 atom stereocenters. The fourth-order valence-corrected chi connectivity index (χ4v) is 0.861. The monoisotopic (exact) mass is 148 g/mol. The van der Waals surface area contributed by atoms with Crippen molar-refractivity contribution in [2.24, 2.45) is 5.73 Å². The lowest BCUT2D eigenvalue weighted by molar-refractivity contribution is 0.101. The third-order valence-electron chi connectivity index (χ3n) is 1.49. The van der Waals surface area contributed by atoms with Crippen molar-refractivity contribution >= 4 is 5.78 Å². The molecule has 2 N–H and O–H groups in total. The number of rotatable bonds is 2. The van der Waals surface area contributed by atoms with Crippen molar-refractivity contribution in [2.45, 2.75) is 6.92 Å². The second-order valence-corrected chi connectivity index (χ2v) is 2.35. The van der Waals surface area contributed by atoms with Crippen LogP contribution in [0.4, 0.5) is 0 Å². The van der Waals surface area contributed by atoms with Gasteiger partial charge in [-0.05, 0) is 12.5 Å². The Balaban J connectivity index is 3.01. The van der Waals surface area contributed by atoms with Gasteiger partial charge in [-0.2, -0.15) is 17.7 Å². The van der Waals surface area contributed by atoms with Crippen molar-refractivity contribution in [1.82, 2.24) is 0 Å². The van der Waals surface area contributed by atoms with Gasteiger partial charge in [0.2, 0.25) is 0 Å². The molecule has 0 heterocycles. The van der Waals surface area contributed by atoms with Gasteiger partial charge in [-0.1, -0.05) is 6.07 Å². The van der Waals surface area contributed by atoms with Crippen LogP contribution in [-0.4, -0.2) is 5.78 Å². The second-order valence-electron chi connectivity index (χ2n) is 2.35. The van der Waals surface area contributed by atoms with Crippen molar-refractivity contribution in [1.29, 1.82) is 0 Å². The second kappa shape index (κ2) is 3.21. The summed E-state index contributed by atoms with van der Waals surface area (Å²) in [5.41, 5.74) is 6.85. The van der Waals surface area contributed by atoms with E-state index in [-0.39, 0.29) is 5.78 Å². The maximum absolute atomic E-state index is 10.9. The molecule has 0 aliphatic carbocycles. The lowest BCUT2D eigenvalue weighted by atomic mass is 10.1. The van der Waals surface area contributed by atoms with Crippen LogP contribution in [0.25, 0.3) is 0 Å². The van der Waals surface area contributed by atoms with E-state index in [0.717, 1.165) is 5.56 Å². The van der Waals surface area contributed by atoms with E-state index in [1.165, 1.54) is 13.5 Å². The Kier molecular flexibility index (Phi) is 2.28. The molecule has 0 radical (unpaired) electrons. The van der Waals surface area contributed by atoms with E-state index in [4.69, 9.17) is 5.73 Å². The van der Waals surface area contributed by atoms with Crippen LogP contribution >= 0.6 is 0 Å². The van der Waals surface area contributed by atoms with Gasteiger partial charge >= 0.3 is 0 Å². The predicted octanol–water partition coefficient (Wildman–Crippen LogP) is 1.36. The van der Waals surface area contributed by atoms with E-state index in [2.05, 4.69) is 0 Å². The standard InChI is InChI=1S/C9H10NO/c1-7(11)9-4-2-3-8(5-9)6-10/h2-6H,10H2,1H3/q-1. The van der Waals surface area contributed by atoms with Crippen LogP contribution in [0.15, 0.2) is 24.3 Å². The van der Waals surface area contributed by atoms with Crippen LogP contribution in [0.3, 0.4) is 0 Å². The summed E-state index contributed by atoms with van der Waals surface area (Å²) in [6.07, 6.45) is 0. The molecular weight excluding hydrogens is 138 g/mol. The zero-order valence-electron chi connectivity index (χ0n) is 6.37. The van der Waals surface area contributed by atoms with Crippen molar-refractivity contribution in [3.05, 3.63) is 41.9 Å².